The van der Waals surface area contributed by atoms with Gasteiger partial charge in [0.25, 0.3) is 0 Å². The fraction of sp³-hybridized carbons (Fsp3) is 0.111. The molecule has 0 atom stereocenters. The lowest BCUT2D eigenvalue weighted by atomic mass is 10.2. The summed E-state index contributed by atoms with van der Waals surface area (Å²) in [5.74, 6) is -0.753. The summed E-state index contributed by atoms with van der Waals surface area (Å²) in [6, 6.07) is 2.87. The van der Waals surface area contributed by atoms with E-state index in [0.717, 1.165) is 4.57 Å². The van der Waals surface area contributed by atoms with Gasteiger partial charge >= 0.3 is 11.4 Å². The van der Waals surface area contributed by atoms with Crippen molar-refractivity contribution in [2.45, 2.75) is 0 Å². The third-order valence-electron chi connectivity index (χ3n) is 2.04. The Hall–Kier alpha value is -1.26. The molecule has 1 aromatic heterocycles. The van der Waals surface area contributed by atoms with E-state index in [1.54, 1.807) is 0 Å². The minimum atomic E-state index is -0.753. The first-order chi connectivity index (χ1) is 7.00. The van der Waals surface area contributed by atoms with Crippen LogP contribution in [0, 0.1) is 0 Å². The maximum absolute atomic E-state index is 11.4. The molecule has 1 heterocycles. The summed E-state index contributed by atoms with van der Waals surface area (Å²) < 4.78 is 5.63. The van der Waals surface area contributed by atoms with Gasteiger partial charge < -0.3 is 4.42 Å². The molecule has 0 saturated heterocycles. The molecule has 0 spiro atoms. The molecule has 0 unspecified atom stereocenters. The number of nitrogens with zero attached hydrogens (tertiary/aromatic N) is 1. The lowest BCUT2D eigenvalue weighted by Crippen LogP contribution is -2.22. The Kier molecular flexibility index (Phi) is 2.32. The number of fused-ring (bicyclic) bond motifs is 1. The summed E-state index contributed by atoms with van der Waals surface area (Å²) in [6.45, 7) is 0. The summed E-state index contributed by atoms with van der Waals surface area (Å²) in [5, 5.41) is 0.748. The van der Waals surface area contributed by atoms with Crippen LogP contribution in [0.2, 0.25) is 10.0 Å². The second kappa shape index (κ2) is 3.40. The van der Waals surface area contributed by atoms with Crippen LogP contribution in [0.4, 0.5) is 0 Å². The van der Waals surface area contributed by atoms with Gasteiger partial charge in [0.1, 0.15) is 0 Å². The van der Waals surface area contributed by atoms with Crippen molar-refractivity contribution in [3.63, 3.8) is 0 Å². The molecule has 0 N–H and O–H groups in total. The average Bonchev–Trinajstić information content (AvgIpc) is 2.13. The lowest BCUT2D eigenvalue weighted by Gasteiger charge is -2.04. The van der Waals surface area contributed by atoms with E-state index in [1.807, 2.05) is 0 Å². The van der Waals surface area contributed by atoms with E-state index < -0.39 is 11.4 Å². The van der Waals surface area contributed by atoms with Gasteiger partial charge in [-0.1, -0.05) is 23.2 Å². The predicted molar refractivity (Wildman–Crippen MR) is 57.7 cm³/mol. The molecule has 0 radical (unpaired) electrons. The first-order valence-electron chi connectivity index (χ1n) is 3.99. The summed E-state index contributed by atoms with van der Waals surface area (Å²) >= 11 is 11.6. The number of hydrogen-bond acceptors (Lipinski definition) is 3. The quantitative estimate of drug-likeness (QED) is 0.712. The molecule has 78 valence electrons. The molecule has 0 aliphatic heterocycles. The molecular weight excluding hydrogens is 241 g/mol. The van der Waals surface area contributed by atoms with Gasteiger partial charge in [-0.15, -0.1) is 0 Å². The largest absolute Gasteiger partial charge is 0.422 e. The van der Waals surface area contributed by atoms with Gasteiger partial charge in [-0.05, 0) is 12.1 Å². The molecule has 6 heteroatoms. The predicted octanol–water partition coefficient (Wildman–Crippen LogP) is 1.80. The molecule has 0 fully saturated rings. The summed E-state index contributed by atoms with van der Waals surface area (Å²) in [6.07, 6.45) is 0. The Morgan fingerprint density at radius 2 is 1.93 bits per heavy atom. The van der Waals surface area contributed by atoms with E-state index in [-0.39, 0.29) is 10.4 Å². The maximum atomic E-state index is 11.4. The van der Waals surface area contributed by atoms with Gasteiger partial charge in [-0.3, -0.25) is 4.57 Å². The number of benzene rings is 1. The van der Waals surface area contributed by atoms with Crippen LogP contribution in [0.25, 0.3) is 10.9 Å². The molecule has 2 rings (SSSR count). The third-order valence-corrected chi connectivity index (χ3v) is 2.54. The van der Waals surface area contributed by atoms with Crippen LogP contribution in [0.5, 0.6) is 0 Å². The van der Waals surface area contributed by atoms with Crippen molar-refractivity contribution in [1.29, 1.82) is 0 Å². The Morgan fingerprint density at radius 3 is 2.60 bits per heavy atom. The van der Waals surface area contributed by atoms with Gasteiger partial charge in [0, 0.05) is 12.1 Å². The summed E-state index contributed by atoms with van der Waals surface area (Å²) in [4.78, 5) is 22.6. The van der Waals surface area contributed by atoms with Crippen molar-refractivity contribution in [1.82, 2.24) is 4.57 Å². The highest BCUT2D eigenvalue weighted by Gasteiger charge is 2.10. The van der Waals surface area contributed by atoms with Crippen LogP contribution in [0.3, 0.4) is 0 Å². The van der Waals surface area contributed by atoms with E-state index in [9.17, 15) is 9.59 Å². The molecule has 1 aromatic carbocycles. The Morgan fingerprint density at radius 1 is 1.27 bits per heavy atom. The smallest absolute Gasteiger partial charge is 0.372 e. The first kappa shape index (κ1) is 10.3. The highest BCUT2D eigenvalue weighted by molar-refractivity contribution is 6.38. The van der Waals surface area contributed by atoms with E-state index in [0.29, 0.717) is 10.5 Å². The van der Waals surface area contributed by atoms with Crippen molar-refractivity contribution >= 4 is 34.1 Å². The van der Waals surface area contributed by atoms with Crippen molar-refractivity contribution in [2.75, 3.05) is 0 Å². The van der Waals surface area contributed by atoms with Crippen LogP contribution in [0.15, 0.2) is 26.1 Å². The number of halogens is 2. The van der Waals surface area contributed by atoms with Gasteiger partial charge in [0.15, 0.2) is 0 Å². The van der Waals surface area contributed by atoms with Gasteiger partial charge in [-0.25, -0.2) is 9.59 Å². The van der Waals surface area contributed by atoms with E-state index in [2.05, 4.69) is 4.42 Å². The molecule has 4 nitrogen and oxygen atoms in total. The lowest BCUT2D eigenvalue weighted by molar-refractivity contribution is 0.433. The molecule has 2 aromatic rings. The Balaban J connectivity index is 3.17. The summed E-state index contributed by atoms with van der Waals surface area (Å²) in [5.41, 5.74) is -0.417. The standard InChI is InChI=1S/C9H5Cl2NO3/c1-12-7-5(8(13)15-9(12)14)2-4(10)3-6(7)11/h2-3H,1H3. The minimum Gasteiger partial charge on any atom is -0.372 e. The molecule has 0 bridgehead atoms. The Bertz CT molecular complexity index is 657. The summed E-state index contributed by atoms with van der Waals surface area (Å²) in [7, 11) is 1.47. The fourth-order valence-corrected chi connectivity index (χ4v) is 1.98. The van der Waals surface area contributed by atoms with Gasteiger partial charge in [0.2, 0.25) is 0 Å². The van der Waals surface area contributed by atoms with Gasteiger partial charge in [-0.2, -0.15) is 0 Å². The Labute approximate surface area is 93.6 Å². The van der Waals surface area contributed by atoms with Gasteiger partial charge in [0.05, 0.1) is 15.9 Å². The van der Waals surface area contributed by atoms with E-state index >= 15 is 0 Å². The van der Waals surface area contributed by atoms with Crippen LogP contribution in [0.1, 0.15) is 0 Å². The average molecular weight is 246 g/mol. The molecule has 0 aliphatic rings. The highest BCUT2D eigenvalue weighted by Crippen LogP contribution is 2.24. The zero-order valence-electron chi connectivity index (χ0n) is 7.58. The number of aromatic nitrogens is 1. The van der Waals surface area contributed by atoms with E-state index in [4.69, 9.17) is 23.2 Å². The highest BCUT2D eigenvalue weighted by atomic mass is 35.5. The van der Waals surface area contributed by atoms with Crippen LogP contribution >= 0.6 is 23.2 Å². The van der Waals surface area contributed by atoms with Crippen molar-refractivity contribution in [3.8, 4) is 0 Å². The number of aryl methyl sites for hydroxylation is 1. The number of hydrogen-bond donors (Lipinski definition) is 0. The second-order valence-corrected chi connectivity index (χ2v) is 3.84. The zero-order valence-corrected chi connectivity index (χ0v) is 9.09. The topological polar surface area (TPSA) is 52.2 Å². The van der Waals surface area contributed by atoms with Crippen molar-refractivity contribution in [3.05, 3.63) is 43.1 Å². The van der Waals surface area contributed by atoms with Crippen molar-refractivity contribution in [2.24, 2.45) is 7.05 Å². The van der Waals surface area contributed by atoms with E-state index in [1.165, 1.54) is 19.2 Å². The molecule has 0 aliphatic carbocycles. The third kappa shape index (κ3) is 1.56. The van der Waals surface area contributed by atoms with Crippen LogP contribution in [-0.4, -0.2) is 4.57 Å². The molecular formula is C9H5Cl2NO3. The second-order valence-electron chi connectivity index (χ2n) is 3.00. The molecule has 0 amide bonds. The monoisotopic (exact) mass is 245 g/mol. The fourth-order valence-electron chi connectivity index (χ4n) is 1.36. The number of rotatable bonds is 0. The first-order valence-corrected chi connectivity index (χ1v) is 4.75. The maximum Gasteiger partial charge on any atom is 0.422 e. The normalized spacial score (nSPS) is 10.9. The molecule has 0 saturated carbocycles. The van der Waals surface area contributed by atoms with Crippen LogP contribution in [-0.2, 0) is 7.05 Å². The zero-order chi connectivity index (χ0) is 11.2. The van der Waals surface area contributed by atoms with Crippen molar-refractivity contribution < 1.29 is 4.42 Å². The minimum absolute atomic E-state index is 0.189. The molecule has 15 heavy (non-hydrogen) atoms. The SMILES string of the molecule is Cn1c(=O)oc(=O)c2cc(Cl)cc(Cl)c21. The van der Waals surface area contributed by atoms with Crippen LogP contribution < -0.4 is 11.4 Å².